The van der Waals surface area contributed by atoms with Crippen LogP contribution < -0.4 is 15.8 Å². The minimum Gasteiger partial charge on any atom is -0.481 e. The molecule has 0 aliphatic carbocycles. The number of nitrogens with one attached hydrogen (secondary N) is 1. The highest BCUT2D eigenvalue weighted by molar-refractivity contribution is 6.03. The van der Waals surface area contributed by atoms with E-state index in [0.717, 1.165) is 12.0 Å². The minimum atomic E-state index is -0.706. The number of para-hydroxylation sites is 1. The molecular weight excluding hydrogens is 292 g/mol. The average Bonchev–Trinajstić information content (AvgIpc) is 2.55. The van der Waals surface area contributed by atoms with Crippen molar-refractivity contribution in [3.05, 3.63) is 59.7 Å². The summed E-state index contributed by atoms with van der Waals surface area (Å²) in [6.07, 6.45) is 0.187. The second kappa shape index (κ2) is 7.45. The summed E-state index contributed by atoms with van der Waals surface area (Å²) in [6, 6.07) is 14.2. The van der Waals surface area contributed by atoms with Crippen molar-refractivity contribution in [3.8, 4) is 5.75 Å². The summed E-state index contributed by atoms with van der Waals surface area (Å²) in [5.74, 6) is -0.305. The Morgan fingerprint density at radius 3 is 2.61 bits per heavy atom. The number of nitrogens with two attached hydrogens (primary N) is 1. The number of amides is 2. The average molecular weight is 312 g/mol. The van der Waals surface area contributed by atoms with Gasteiger partial charge >= 0.3 is 0 Å². The van der Waals surface area contributed by atoms with E-state index in [9.17, 15) is 9.59 Å². The molecule has 2 aromatic rings. The van der Waals surface area contributed by atoms with Crippen LogP contribution in [0.5, 0.6) is 5.75 Å². The van der Waals surface area contributed by atoms with Gasteiger partial charge in [-0.1, -0.05) is 31.2 Å². The van der Waals surface area contributed by atoms with E-state index in [2.05, 4.69) is 12.2 Å². The first-order valence-electron chi connectivity index (χ1n) is 7.46. The Labute approximate surface area is 135 Å². The van der Waals surface area contributed by atoms with Gasteiger partial charge in [0.25, 0.3) is 11.8 Å². The van der Waals surface area contributed by atoms with Crippen molar-refractivity contribution >= 4 is 17.5 Å². The van der Waals surface area contributed by atoms with Crippen LogP contribution >= 0.6 is 0 Å². The van der Waals surface area contributed by atoms with Crippen molar-refractivity contribution in [1.82, 2.24) is 0 Å². The number of hydrogen-bond acceptors (Lipinski definition) is 3. The summed E-state index contributed by atoms with van der Waals surface area (Å²) in [7, 11) is 0. The highest BCUT2D eigenvalue weighted by Crippen LogP contribution is 2.18. The van der Waals surface area contributed by atoms with Crippen LogP contribution in [0.4, 0.5) is 5.69 Å². The highest BCUT2D eigenvalue weighted by atomic mass is 16.5. The van der Waals surface area contributed by atoms with E-state index in [1.807, 2.05) is 18.2 Å². The van der Waals surface area contributed by atoms with E-state index in [0.29, 0.717) is 11.4 Å². The van der Waals surface area contributed by atoms with Gasteiger partial charge in [-0.3, -0.25) is 9.59 Å². The Morgan fingerprint density at radius 1 is 1.17 bits per heavy atom. The van der Waals surface area contributed by atoms with Gasteiger partial charge in [0.2, 0.25) is 0 Å². The molecule has 23 heavy (non-hydrogen) atoms. The van der Waals surface area contributed by atoms with Crippen LogP contribution in [0.2, 0.25) is 0 Å². The number of primary amides is 1. The van der Waals surface area contributed by atoms with E-state index in [4.69, 9.17) is 10.5 Å². The lowest BCUT2D eigenvalue weighted by atomic mass is 10.1. The molecule has 3 N–H and O–H groups in total. The van der Waals surface area contributed by atoms with E-state index in [-0.39, 0.29) is 11.5 Å². The van der Waals surface area contributed by atoms with E-state index in [1.165, 1.54) is 0 Å². The lowest BCUT2D eigenvalue weighted by Gasteiger charge is -2.16. The largest absolute Gasteiger partial charge is 0.481 e. The second-order valence-electron chi connectivity index (χ2n) is 5.16. The third-order valence-corrected chi connectivity index (χ3v) is 3.44. The van der Waals surface area contributed by atoms with Gasteiger partial charge in [-0.25, -0.2) is 0 Å². The summed E-state index contributed by atoms with van der Waals surface area (Å²) >= 11 is 0. The summed E-state index contributed by atoms with van der Waals surface area (Å²) in [5.41, 5.74) is 7.08. The fourth-order valence-electron chi connectivity index (χ4n) is 2.14. The van der Waals surface area contributed by atoms with Gasteiger partial charge in [0, 0.05) is 0 Å². The Kier molecular flexibility index (Phi) is 5.36. The molecule has 2 aromatic carbocycles. The Bertz CT molecular complexity index is 713. The maximum atomic E-state index is 12.3. The maximum absolute atomic E-state index is 12.3. The van der Waals surface area contributed by atoms with Gasteiger partial charge in [0.05, 0.1) is 11.3 Å². The molecule has 1 unspecified atom stereocenters. The molecule has 0 spiro atoms. The van der Waals surface area contributed by atoms with Crippen molar-refractivity contribution in [2.24, 2.45) is 5.73 Å². The van der Waals surface area contributed by atoms with Crippen LogP contribution in [-0.2, 0) is 11.2 Å². The molecule has 2 rings (SSSR count). The summed E-state index contributed by atoms with van der Waals surface area (Å²) < 4.78 is 5.66. The fraction of sp³-hybridized carbons (Fsp3) is 0.222. The molecule has 0 bridgehead atoms. The molecule has 120 valence electrons. The molecule has 0 aromatic heterocycles. The zero-order valence-corrected chi connectivity index (χ0v) is 13.2. The number of rotatable bonds is 6. The van der Waals surface area contributed by atoms with Crippen LogP contribution in [0, 0.1) is 0 Å². The number of benzene rings is 2. The highest BCUT2D eigenvalue weighted by Gasteiger charge is 2.17. The topological polar surface area (TPSA) is 81.4 Å². The molecule has 0 aliphatic rings. The third-order valence-electron chi connectivity index (χ3n) is 3.44. The summed E-state index contributed by atoms with van der Waals surface area (Å²) in [5, 5.41) is 2.68. The van der Waals surface area contributed by atoms with Crippen molar-refractivity contribution in [3.63, 3.8) is 0 Å². The van der Waals surface area contributed by atoms with Crippen LogP contribution in [-0.4, -0.2) is 17.9 Å². The number of anilines is 1. The third kappa shape index (κ3) is 4.32. The number of hydrogen-bond donors (Lipinski definition) is 2. The fourth-order valence-corrected chi connectivity index (χ4v) is 2.14. The molecule has 1 atom stereocenters. The first-order valence-corrected chi connectivity index (χ1v) is 7.46. The molecule has 0 heterocycles. The van der Waals surface area contributed by atoms with Gasteiger partial charge in [-0.05, 0) is 43.2 Å². The van der Waals surface area contributed by atoms with Gasteiger partial charge in [0.15, 0.2) is 6.10 Å². The summed E-state index contributed by atoms with van der Waals surface area (Å²) in [6.45, 7) is 3.71. The maximum Gasteiger partial charge on any atom is 0.265 e. The first kappa shape index (κ1) is 16.5. The Hall–Kier alpha value is -2.82. The molecule has 0 saturated heterocycles. The van der Waals surface area contributed by atoms with Gasteiger partial charge in [0.1, 0.15) is 5.75 Å². The van der Waals surface area contributed by atoms with E-state index < -0.39 is 12.0 Å². The quantitative estimate of drug-likeness (QED) is 0.860. The molecule has 2 amide bonds. The molecule has 0 saturated carbocycles. The molecule has 0 fully saturated rings. The smallest absolute Gasteiger partial charge is 0.265 e. The Morgan fingerprint density at radius 2 is 1.91 bits per heavy atom. The zero-order chi connectivity index (χ0) is 16.8. The predicted molar refractivity (Wildman–Crippen MR) is 89.5 cm³/mol. The zero-order valence-electron chi connectivity index (χ0n) is 13.2. The number of carbonyl (C=O) groups excluding carboxylic acids is 2. The molecule has 0 aliphatic heterocycles. The standard InChI is InChI=1S/C18H20N2O3/c1-3-13-7-6-8-14(11-13)23-12(2)18(22)20-16-10-5-4-9-15(16)17(19)21/h4-12H,3H2,1-2H3,(H2,19,21)(H,20,22). The molecular formula is C18H20N2O3. The number of aryl methyl sites for hydroxylation is 1. The van der Waals surface area contributed by atoms with Crippen molar-refractivity contribution in [2.45, 2.75) is 26.4 Å². The van der Waals surface area contributed by atoms with Gasteiger partial charge in [-0.2, -0.15) is 0 Å². The van der Waals surface area contributed by atoms with Crippen molar-refractivity contribution in [2.75, 3.05) is 5.32 Å². The van der Waals surface area contributed by atoms with Crippen LogP contribution in [0.3, 0.4) is 0 Å². The lowest BCUT2D eigenvalue weighted by molar-refractivity contribution is -0.122. The van der Waals surface area contributed by atoms with Gasteiger partial charge in [-0.15, -0.1) is 0 Å². The van der Waals surface area contributed by atoms with Crippen LogP contribution in [0.15, 0.2) is 48.5 Å². The minimum absolute atomic E-state index is 0.265. The summed E-state index contributed by atoms with van der Waals surface area (Å²) in [4.78, 5) is 23.6. The van der Waals surface area contributed by atoms with Gasteiger partial charge < -0.3 is 15.8 Å². The number of carbonyl (C=O) groups is 2. The normalized spacial score (nSPS) is 11.6. The van der Waals surface area contributed by atoms with Crippen LogP contribution in [0.1, 0.15) is 29.8 Å². The van der Waals surface area contributed by atoms with E-state index in [1.54, 1.807) is 37.3 Å². The first-order chi connectivity index (χ1) is 11.0. The lowest BCUT2D eigenvalue weighted by Crippen LogP contribution is -2.31. The van der Waals surface area contributed by atoms with Crippen molar-refractivity contribution < 1.29 is 14.3 Å². The Balaban J connectivity index is 2.07. The molecule has 0 radical (unpaired) electrons. The second-order valence-corrected chi connectivity index (χ2v) is 5.16. The predicted octanol–water partition coefficient (Wildman–Crippen LogP) is 2.75. The van der Waals surface area contributed by atoms with Crippen molar-refractivity contribution in [1.29, 1.82) is 0 Å². The monoisotopic (exact) mass is 312 g/mol. The molecule has 5 nitrogen and oxygen atoms in total. The number of ether oxygens (including phenoxy) is 1. The van der Waals surface area contributed by atoms with Crippen LogP contribution in [0.25, 0.3) is 0 Å². The van der Waals surface area contributed by atoms with E-state index >= 15 is 0 Å². The molecule has 5 heteroatoms. The SMILES string of the molecule is CCc1cccc(OC(C)C(=O)Nc2ccccc2C(N)=O)c1.